The first kappa shape index (κ1) is 20.0. The molecule has 2 atom stereocenters. The van der Waals surface area contributed by atoms with Crippen LogP contribution in [0.25, 0.3) is 0 Å². The normalized spacial score (nSPS) is 21.7. The van der Waals surface area contributed by atoms with Gasteiger partial charge in [-0.05, 0) is 55.1 Å². The van der Waals surface area contributed by atoms with Gasteiger partial charge in [-0.25, -0.2) is 0 Å². The second-order valence-electron chi connectivity index (χ2n) is 8.71. The summed E-state index contributed by atoms with van der Waals surface area (Å²) in [5.74, 6) is 1.15. The lowest BCUT2D eigenvalue weighted by molar-refractivity contribution is -0.151. The Bertz CT molecular complexity index is 589. The molecule has 1 aliphatic rings. The Balaban J connectivity index is 2.20. The molecule has 0 unspecified atom stereocenters. The number of rotatable bonds is 5. The minimum Gasteiger partial charge on any atom is -0.543 e. The van der Waals surface area contributed by atoms with Gasteiger partial charge < -0.3 is 9.16 Å². The van der Waals surface area contributed by atoms with Gasteiger partial charge in [0.25, 0.3) is 0 Å². The van der Waals surface area contributed by atoms with E-state index < -0.39 is 8.32 Å². The van der Waals surface area contributed by atoms with Crippen LogP contribution in [0.1, 0.15) is 71.3 Å². The van der Waals surface area contributed by atoms with Crippen LogP contribution in [0.5, 0.6) is 5.75 Å². The third-order valence-corrected chi connectivity index (χ3v) is 10.1. The van der Waals surface area contributed by atoms with Crippen molar-refractivity contribution in [3.63, 3.8) is 0 Å². The van der Waals surface area contributed by atoms with E-state index in [4.69, 9.17) is 9.16 Å². The standard InChI is InChI=1S/C21H34O3Si/c1-7-20(22)23-19-14-9-8-13-18(19)16-11-10-12-17(15-16)24-25(5,6)21(2,3)4/h10-12,15,18-19H,7-9,13-14H2,1-6H3/t18-,19+/m1/s1. The molecule has 4 heteroatoms. The molecule has 140 valence electrons. The minimum atomic E-state index is -1.85. The largest absolute Gasteiger partial charge is 0.543 e. The van der Waals surface area contributed by atoms with Crippen LogP contribution in [-0.4, -0.2) is 20.4 Å². The van der Waals surface area contributed by atoms with Crippen LogP contribution in [0.4, 0.5) is 0 Å². The average Bonchev–Trinajstić information content (AvgIpc) is 2.54. The number of ether oxygens (including phenoxy) is 1. The van der Waals surface area contributed by atoms with Crippen molar-refractivity contribution in [3.05, 3.63) is 29.8 Å². The number of carbonyl (C=O) groups excluding carboxylic acids is 1. The molecule has 25 heavy (non-hydrogen) atoms. The van der Waals surface area contributed by atoms with E-state index in [0.29, 0.717) is 6.42 Å². The van der Waals surface area contributed by atoms with Gasteiger partial charge in [0.05, 0.1) is 0 Å². The zero-order valence-electron chi connectivity index (χ0n) is 16.7. The molecule has 1 saturated carbocycles. The van der Waals surface area contributed by atoms with Crippen LogP contribution < -0.4 is 4.43 Å². The Kier molecular flexibility index (Phi) is 6.36. The summed E-state index contributed by atoms with van der Waals surface area (Å²) in [6, 6.07) is 8.45. The number of esters is 1. The lowest BCUT2D eigenvalue weighted by Gasteiger charge is -2.37. The zero-order valence-corrected chi connectivity index (χ0v) is 17.7. The zero-order chi connectivity index (χ0) is 18.7. The topological polar surface area (TPSA) is 35.5 Å². The fourth-order valence-electron chi connectivity index (χ4n) is 3.13. The van der Waals surface area contributed by atoms with Gasteiger partial charge in [0.1, 0.15) is 11.9 Å². The predicted octanol–water partition coefficient (Wildman–Crippen LogP) is 6.05. The number of carbonyl (C=O) groups is 1. The molecule has 0 bridgehead atoms. The van der Waals surface area contributed by atoms with Crippen LogP contribution in [0.15, 0.2) is 24.3 Å². The Morgan fingerprint density at radius 1 is 1.20 bits per heavy atom. The molecule has 3 nitrogen and oxygen atoms in total. The lowest BCUT2D eigenvalue weighted by Crippen LogP contribution is -2.43. The molecule has 2 rings (SSSR count). The third kappa shape index (κ3) is 5.10. The van der Waals surface area contributed by atoms with Gasteiger partial charge in [-0.3, -0.25) is 4.79 Å². The smallest absolute Gasteiger partial charge is 0.305 e. The molecule has 1 fully saturated rings. The summed E-state index contributed by atoms with van der Waals surface area (Å²) in [7, 11) is -1.85. The average molecular weight is 363 g/mol. The molecule has 0 N–H and O–H groups in total. The van der Waals surface area contributed by atoms with Crippen molar-refractivity contribution in [3.8, 4) is 5.75 Å². The second kappa shape index (κ2) is 7.94. The molecular formula is C21H34O3Si. The van der Waals surface area contributed by atoms with Crippen molar-refractivity contribution in [2.45, 2.75) is 90.0 Å². The van der Waals surface area contributed by atoms with Gasteiger partial charge in [0.2, 0.25) is 8.32 Å². The summed E-state index contributed by atoms with van der Waals surface area (Å²) < 4.78 is 12.2. The molecule has 1 aliphatic carbocycles. The first-order chi connectivity index (χ1) is 11.6. The maximum absolute atomic E-state index is 11.8. The van der Waals surface area contributed by atoms with Crippen molar-refractivity contribution < 1.29 is 14.0 Å². The maximum Gasteiger partial charge on any atom is 0.305 e. The highest BCUT2D eigenvalue weighted by atomic mass is 28.4. The molecule has 0 saturated heterocycles. The lowest BCUT2D eigenvalue weighted by atomic mass is 9.81. The summed E-state index contributed by atoms with van der Waals surface area (Å²) in [6.07, 6.45) is 4.81. The molecule has 1 aromatic rings. The first-order valence-electron chi connectivity index (χ1n) is 9.62. The Hall–Kier alpha value is -1.29. The minimum absolute atomic E-state index is 0.00400. The Morgan fingerprint density at radius 3 is 2.52 bits per heavy atom. The van der Waals surface area contributed by atoms with Crippen LogP contribution in [0.2, 0.25) is 18.1 Å². The highest BCUT2D eigenvalue weighted by Crippen LogP contribution is 2.39. The van der Waals surface area contributed by atoms with E-state index >= 15 is 0 Å². The van der Waals surface area contributed by atoms with E-state index in [9.17, 15) is 4.79 Å². The molecule has 0 heterocycles. The third-order valence-electron chi connectivity index (χ3n) is 5.74. The fourth-order valence-corrected chi connectivity index (χ4v) is 4.15. The van der Waals surface area contributed by atoms with E-state index in [0.717, 1.165) is 25.0 Å². The van der Waals surface area contributed by atoms with Crippen LogP contribution in [0.3, 0.4) is 0 Å². The van der Waals surface area contributed by atoms with Gasteiger partial charge in [-0.15, -0.1) is 0 Å². The molecule has 0 spiro atoms. The molecular weight excluding hydrogens is 328 g/mol. The Labute approximate surface area is 154 Å². The van der Waals surface area contributed by atoms with Crippen molar-refractivity contribution in [2.75, 3.05) is 0 Å². The summed E-state index contributed by atoms with van der Waals surface area (Å²) in [5.41, 5.74) is 1.24. The Morgan fingerprint density at radius 2 is 1.88 bits per heavy atom. The molecule has 0 aliphatic heterocycles. The van der Waals surface area contributed by atoms with Crippen molar-refractivity contribution in [1.82, 2.24) is 0 Å². The summed E-state index contributed by atoms with van der Waals surface area (Å²) in [4.78, 5) is 11.8. The highest BCUT2D eigenvalue weighted by Gasteiger charge is 2.39. The molecule has 0 aromatic heterocycles. The van der Waals surface area contributed by atoms with E-state index in [1.54, 1.807) is 0 Å². The summed E-state index contributed by atoms with van der Waals surface area (Å²) in [5, 5.41) is 0.174. The van der Waals surface area contributed by atoms with Gasteiger partial charge in [0, 0.05) is 12.3 Å². The predicted molar refractivity (Wildman–Crippen MR) is 106 cm³/mol. The van der Waals surface area contributed by atoms with E-state index in [2.05, 4.69) is 58.1 Å². The van der Waals surface area contributed by atoms with Crippen molar-refractivity contribution >= 4 is 14.3 Å². The van der Waals surface area contributed by atoms with Crippen molar-refractivity contribution in [2.24, 2.45) is 0 Å². The van der Waals surface area contributed by atoms with Gasteiger partial charge in [-0.1, -0.05) is 46.2 Å². The monoisotopic (exact) mass is 362 g/mol. The van der Waals surface area contributed by atoms with E-state index in [1.807, 2.05) is 6.92 Å². The first-order valence-corrected chi connectivity index (χ1v) is 12.5. The quantitative estimate of drug-likeness (QED) is 0.472. The molecule has 0 radical (unpaired) electrons. The second-order valence-corrected chi connectivity index (χ2v) is 13.4. The van der Waals surface area contributed by atoms with E-state index in [1.165, 1.54) is 12.0 Å². The van der Waals surface area contributed by atoms with Crippen LogP contribution >= 0.6 is 0 Å². The molecule has 0 amide bonds. The van der Waals surface area contributed by atoms with Crippen molar-refractivity contribution in [1.29, 1.82) is 0 Å². The SMILES string of the molecule is CCC(=O)O[C@H]1CCCC[C@@H]1c1cccc(O[Si](C)(C)C(C)(C)C)c1. The summed E-state index contributed by atoms with van der Waals surface area (Å²) >= 11 is 0. The van der Waals surface area contributed by atoms with Gasteiger partial charge in [-0.2, -0.15) is 0 Å². The van der Waals surface area contributed by atoms with Gasteiger partial charge in [0.15, 0.2) is 0 Å². The van der Waals surface area contributed by atoms with Crippen LogP contribution in [-0.2, 0) is 9.53 Å². The highest BCUT2D eigenvalue weighted by molar-refractivity contribution is 6.74. The number of hydrogen-bond donors (Lipinski definition) is 0. The van der Waals surface area contributed by atoms with Crippen LogP contribution in [0, 0.1) is 0 Å². The maximum atomic E-state index is 11.8. The fraction of sp³-hybridized carbons (Fsp3) is 0.667. The summed E-state index contributed by atoms with van der Waals surface area (Å²) in [6.45, 7) is 13.2. The number of benzene rings is 1. The van der Waals surface area contributed by atoms with Gasteiger partial charge >= 0.3 is 5.97 Å². The number of hydrogen-bond acceptors (Lipinski definition) is 3. The van der Waals surface area contributed by atoms with E-state index in [-0.39, 0.29) is 23.0 Å². The molecule has 1 aromatic carbocycles.